The molecule has 0 heterocycles. The van der Waals surface area contributed by atoms with Crippen LogP contribution in [0.15, 0.2) is 54.6 Å². The second-order valence-corrected chi connectivity index (χ2v) is 5.44. The van der Waals surface area contributed by atoms with E-state index in [4.69, 9.17) is 10.5 Å². The number of amides is 2. The lowest BCUT2D eigenvalue weighted by molar-refractivity contribution is -0.125. The van der Waals surface area contributed by atoms with Crippen molar-refractivity contribution < 1.29 is 18.7 Å². The van der Waals surface area contributed by atoms with Gasteiger partial charge in [0.15, 0.2) is 6.61 Å². The molecule has 0 saturated carbocycles. The zero-order valence-corrected chi connectivity index (χ0v) is 13.8. The Hall–Kier alpha value is -3.15. The third-order valence-corrected chi connectivity index (χ3v) is 3.42. The Bertz CT molecular complexity index is 772. The van der Waals surface area contributed by atoms with Crippen molar-refractivity contribution >= 4 is 17.9 Å². The molecule has 0 unspecified atom stereocenters. The molecular weight excluding hydrogens is 323 g/mol. The molecule has 0 spiro atoms. The second-order valence-electron chi connectivity index (χ2n) is 5.44. The number of carbonyl (C=O) groups excluding carboxylic acids is 2. The molecule has 0 radical (unpaired) electrons. The number of hydrogen-bond donors (Lipinski definition) is 1. The van der Waals surface area contributed by atoms with Crippen LogP contribution in [0.2, 0.25) is 0 Å². The summed E-state index contributed by atoms with van der Waals surface area (Å²) >= 11 is 0. The summed E-state index contributed by atoms with van der Waals surface area (Å²) in [5.74, 6) is -0.610. The smallest absolute Gasteiger partial charge is 0.255 e. The van der Waals surface area contributed by atoms with Crippen molar-refractivity contribution in [3.8, 4) is 5.75 Å². The third-order valence-electron chi connectivity index (χ3n) is 3.42. The number of benzene rings is 2. The maximum atomic E-state index is 13.6. The van der Waals surface area contributed by atoms with Gasteiger partial charge in [0.25, 0.3) is 5.91 Å². The lowest BCUT2D eigenvalue weighted by atomic mass is 10.2. The van der Waals surface area contributed by atoms with Gasteiger partial charge in [-0.25, -0.2) is 4.39 Å². The van der Waals surface area contributed by atoms with E-state index in [1.807, 2.05) is 0 Å². The summed E-state index contributed by atoms with van der Waals surface area (Å²) in [5, 5.41) is 0. The van der Waals surface area contributed by atoms with E-state index in [0.717, 1.165) is 5.56 Å². The van der Waals surface area contributed by atoms with Gasteiger partial charge >= 0.3 is 0 Å². The van der Waals surface area contributed by atoms with Crippen LogP contribution in [-0.2, 0) is 16.1 Å². The van der Waals surface area contributed by atoms with Crippen molar-refractivity contribution in [1.82, 2.24) is 4.90 Å². The van der Waals surface area contributed by atoms with E-state index >= 15 is 0 Å². The van der Waals surface area contributed by atoms with Gasteiger partial charge in [0.05, 0.1) is 0 Å². The fraction of sp³-hybridized carbons (Fsp3) is 0.158. The van der Waals surface area contributed by atoms with Crippen LogP contribution < -0.4 is 10.5 Å². The minimum Gasteiger partial charge on any atom is -0.484 e. The number of halogens is 1. The van der Waals surface area contributed by atoms with Crippen molar-refractivity contribution in [2.45, 2.75) is 6.54 Å². The number of primary amides is 1. The normalized spacial score (nSPS) is 10.6. The number of rotatable bonds is 7. The first kappa shape index (κ1) is 18.2. The number of nitrogens with zero attached hydrogens (tertiary/aromatic N) is 1. The molecule has 0 fully saturated rings. The number of ether oxygens (including phenoxy) is 1. The molecule has 0 bridgehead atoms. The highest BCUT2D eigenvalue weighted by Crippen LogP contribution is 2.14. The summed E-state index contributed by atoms with van der Waals surface area (Å²) in [6.45, 7) is 0.00422. The molecule has 6 heteroatoms. The molecule has 2 amide bonds. The van der Waals surface area contributed by atoms with Gasteiger partial charge in [-0.15, -0.1) is 0 Å². The Kier molecular flexibility index (Phi) is 6.28. The highest BCUT2D eigenvalue weighted by atomic mass is 19.1. The van der Waals surface area contributed by atoms with Gasteiger partial charge in [-0.3, -0.25) is 9.59 Å². The van der Waals surface area contributed by atoms with Gasteiger partial charge in [-0.1, -0.05) is 30.3 Å². The molecule has 0 aliphatic rings. The first-order chi connectivity index (χ1) is 12.0. The summed E-state index contributed by atoms with van der Waals surface area (Å²) in [6, 6.07) is 13.2. The first-order valence-corrected chi connectivity index (χ1v) is 7.63. The van der Waals surface area contributed by atoms with E-state index in [-0.39, 0.29) is 24.9 Å². The minimum absolute atomic E-state index is 0.186. The quantitative estimate of drug-likeness (QED) is 0.785. The van der Waals surface area contributed by atoms with Crippen LogP contribution in [0.1, 0.15) is 11.1 Å². The van der Waals surface area contributed by atoms with E-state index in [9.17, 15) is 14.0 Å². The lowest BCUT2D eigenvalue weighted by Crippen LogP contribution is -2.24. The Morgan fingerprint density at radius 3 is 2.48 bits per heavy atom. The molecule has 0 atom stereocenters. The highest BCUT2D eigenvalue weighted by Gasteiger charge is 2.08. The van der Waals surface area contributed by atoms with Gasteiger partial charge in [-0.2, -0.15) is 0 Å². The Morgan fingerprint density at radius 1 is 1.16 bits per heavy atom. The number of likely N-dealkylation sites (N-methyl/N-ethyl adjacent to an activating group) is 1. The van der Waals surface area contributed by atoms with E-state index in [1.165, 1.54) is 17.0 Å². The van der Waals surface area contributed by atoms with Crippen LogP contribution in [0.25, 0.3) is 6.08 Å². The summed E-state index contributed by atoms with van der Waals surface area (Å²) in [7, 11) is 1.61. The zero-order chi connectivity index (χ0) is 18.2. The molecule has 2 aromatic carbocycles. The Balaban J connectivity index is 1.92. The first-order valence-electron chi connectivity index (χ1n) is 7.63. The van der Waals surface area contributed by atoms with Gasteiger partial charge in [-0.05, 0) is 29.8 Å². The summed E-state index contributed by atoms with van der Waals surface area (Å²) in [5.41, 5.74) is 6.25. The minimum atomic E-state index is -0.549. The van der Waals surface area contributed by atoms with E-state index in [0.29, 0.717) is 11.3 Å². The van der Waals surface area contributed by atoms with Crippen LogP contribution in [0, 0.1) is 5.82 Å². The van der Waals surface area contributed by atoms with Crippen molar-refractivity contribution in [3.63, 3.8) is 0 Å². The standard InChI is InChI=1S/C19H19FN2O3/c1-22(12-15-4-2-3-5-17(15)20)19(24)11-8-14-6-9-16(10-7-14)25-13-18(21)23/h2-11H,12-13H2,1H3,(H2,21,23)/b11-8-. The van der Waals surface area contributed by atoms with Crippen LogP contribution in [0.3, 0.4) is 0 Å². The predicted octanol–water partition coefficient (Wildman–Crippen LogP) is 2.36. The third kappa shape index (κ3) is 5.76. The monoisotopic (exact) mass is 342 g/mol. The van der Waals surface area contributed by atoms with Gasteiger partial charge < -0.3 is 15.4 Å². The summed E-state index contributed by atoms with van der Waals surface area (Å²) in [4.78, 5) is 24.2. The molecule has 25 heavy (non-hydrogen) atoms. The molecule has 0 aliphatic carbocycles. The highest BCUT2D eigenvalue weighted by molar-refractivity contribution is 5.91. The average molecular weight is 342 g/mol. The molecule has 0 saturated heterocycles. The van der Waals surface area contributed by atoms with Gasteiger partial charge in [0.1, 0.15) is 11.6 Å². The van der Waals surface area contributed by atoms with Gasteiger partial charge in [0, 0.05) is 25.2 Å². The maximum absolute atomic E-state index is 13.6. The molecule has 2 aromatic rings. The van der Waals surface area contributed by atoms with Crippen molar-refractivity contribution in [2.75, 3.05) is 13.7 Å². The maximum Gasteiger partial charge on any atom is 0.255 e. The Labute approximate surface area is 145 Å². The van der Waals surface area contributed by atoms with E-state index in [2.05, 4.69) is 0 Å². The second kappa shape index (κ2) is 8.63. The topological polar surface area (TPSA) is 72.6 Å². The average Bonchev–Trinajstić information content (AvgIpc) is 2.60. The summed E-state index contributed by atoms with van der Waals surface area (Å²) in [6.07, 6.45) is 3.07. The van der Waals surface area contributed by atoms with Crippen molar-refractivity contribution in [1.29, 1.82) is 0 Å². The van der Waals surface area contributed by atoms with Crippen LogP contribution in [-0.4, -0.2) is 30.4 Å². The largest absolute Gasteiger partial charge is 0.484 e. The molecule has 0 aliphatic heterocycles. The Morgan fingerprint density at radius 2 is 1.84 bits per heavy atom. The number of carbonyl (C=O) groups is 2. The molecule has 130 valence electrons. The SMILES string of the molecule is CN(Cc1ccccc1F)C(=O)/C=C\c1ccc(OCC(N)=O)cc1. The zero-order valence-electron chi connectivity index (χ0n) is 13.8. The molecule has 2 rings (SSSR count). The fourth-order valence-electron chi connectivity index (χ4n) is 2.08. The number of nitrogens with two attached hydrogens (primary N) is 1. The molecule has 5 nitrogen and oxygen atoms in total. The summed E-state index contributed by atoms with van der Waals surface area (Å²) < 4.78 is 18.8. The van der Waals surface area contributed by atoms with Gasteiger partial charge in [0.2, 0.25) is 5.91 Å². The molecular formula is C19H19FN2O3. The number of hydrogen-bond acceptors (Lipinski definition) is 3. The van der Waals surface area contributed by atoms with Crippen LogP contribution in [0.4, 0.5) is 4.39 Å². The van der Waals surface area contributed by atoms with Crippen LogP contribution in [0.5, 0.6) is 5.75 Å². The molecule has 2 N–H and O–H groups in total. The predicted molar refractivity (Wildman–Crippen MR) is 93.0 cm³/mol. The van der Waals surface area contributed by atoms with Crippen LogP contribution >= 0.6 is 0 Å². The van der Waals surface area contributed by atoms with Crippen molar-refractivity contribution in [2.24, 2.45) is 5.73 Å². The van der Waals surface area contributed by atoms with E-state index < -0.39 is 5.91 Å². The lowest BCUT2D eigenvalue weighted by Gasteiger charge is -2.15. The van der Waals surface area contributed by atoms with E-state index in [1.54, 1.807) is 55.6 Å². The molecule has 0 aromatic heterocycles. The van der Waals surface area contributed by atoms with Crippen molar-refractivity contribution in [3.05, 3.63) is 71.6 Å². The fourth-order valence-corrected chi connectivity index (χ4v) is 2.08.